The Balaban J connectivity index is 1.65. The molecule has 0 spiro atoms. The fraction of sp³-hybridized carbons (Fsp3) is 0.350. The van der Waals surface area contributed by atoms with Crippen LogP contribution in [0, 0.1) is 0 Å². The molecule has 1 aromatic heterocycles. The van der Waals surface area contributed by atoms with Crippen molar-refractivity contribution in [2.45, 2.75) is 19.9 Å². The highest BCUT2D eigenvalue weighted by Gasteiger charge is 2.24. The first-order chi connectivity index (χ1) is 12.9. The Bertz CT molecular complexity index is 832. The van der Waals surface area contributed by atoms with Gasteiger partial charge in [-0.25, -0.2) is 4.98 Å². The van der Waals surface area contributed by atoms with E-state index in [1.54, 1.807) is 23.1 Å². The van der Waals surface area contributed by atoms with Crippen molar-refractivity contribution in [3.8, 4) is 0 Å². The highest BCUT2D eigenvalue weighted by molar-refractivity contribution is 6.30. The zero-order valence-corrected chi connectivity index (χ0v) is 16.2. The number of nitrogens with one attached hydrogen (secondary N) is 1. The number of carbonyl (C=O) groups excluding carboxylic acids is 2. The third-order valence-corrected chi connectivity index (χ3v) is 4.60. The summed E-state index contributed by atoms with van der Waals surface area (Å²) in [4.78, 5) is 33.1. The second-order valence-corrected chi connectivity index (χ2v) is 7.23. The first kappa shape index (κ1) is 19.2. The SMILES string of the molecule is CC(C)NC(=O)c1cccc(C(=O)N2CCN(c3cccc(Cl)c3)CC2)n1. The van der Waals surface area contributed by atoms with Gasteiger partial charge in [-0.1, -0.05) is 23.7 Å². The van der Waals surface area contributed by atoms with Gasteiger partial charge in [0, 0.05) is 42.9 Å². The number of anilines is 1. The number of hydrogen-bond acceptors (Lipinski definition) is 4. The van der Waals surface area contributed by atoms with Gasteiger partial charge in [-0.15, -0.1) is 0 Å². The Hall–Kier alpha value is -2.60. The molecule has 1 aliphatic heterocycles. The minimum Gasteiger partial charge on any atom is -0.368 e. The lowest BCUT2D eigenvalue weighted by molar-refractivity contribution is 0.0740. The number of benzene rings is 1. The maximum Gasteiger partial charge on any atom is 0.272 e. The van der Waals surface area contributed by atoms with Crippen LogP contribution in [0.15, 0.2) is 42.5 Å². The molecule has 0 aliphatic carbocycles. The van der Waals surface area contributed by atoms with Crippen LogP contribution in [0.5, 0.6) is 0 Å². The summed E-state index contributed by atoms with van der Waals surface area (Å²) in [6.45, 7) is 6.39. The quantitative estimate of drug-likeness (QED) is 0.877. The summed E-state index contributed by atoms with van der Waals surface area (Å²) in [5.74, 6) is -0.426. The van der Waals surface area contributed by atoms with E-state index in [0.29, 0.717) is 23.8 Å². The van der Waals surface area contributed by atoms with Gasteiger partial charge in [0.15, 0.2) is 0 Å². The van der Waals surface area contributed by atoms with Crippen molar-refractivity contribution in [2.75, 3.05) is 31.1 Å². The summed E-state index contributed by atoms with van der Waals surface area (Å²) < 4.78 is 0. The van der Waals surface area contributed by atoms with E-state index in [-0.39, 0.29) is 23.6 Å². The van der Waals surface area contributed by atoms with Gasteiger partial charge in [0.2, 0.25) is 0 Å². The van der Waals surface area contributed by atoms with Gasteiger partial charge in [-0.2, -0.15) is 0 Å². The van der Waals surface area contributed by atoms with Crippen LogP contribution < -0.4 is 10.2 Å². The van der Waals surface area contributed by atoms with Crippen LogP contribution in [-0.2, 0) is 0 Å². The number of piperazine rings is 1. The molecule has 1 N–H and O–H groups in total. The Labute approximate surface area is 164 Å². The normalized spacial score (nSPS) is 14.4. The molecule has 7 heteroatoms. The highest BCUT2D eigenvalue weighted by atomic mass is 35.5. The number of hydrogen-bond donors (Lipinski definition) is 1. The van der Waals surface area contributed by atoms with Gasteiger partial charge >= 0.3 is 0 Å². The van der Waals surface area contributed by atoms with Crippen molar-refractivity contribution in [3.05, 3.63) is 58.9 Å². The molecule has 0 radical (unpaired) electrons. The summed E-state index contributed by atoms with van der Waals surface area (Å²) in [6.07, 6.45) is 0. The molecular weight excluding hydrogens is 364 g/mol. The topological polar surface area (TPSA) is 65.5 Å². The van der Waals surface area contributed by atoms with E-state index < -0.39 is 0 Å². The molecule has 2 heterocycles. The molecule has 1 aliphatic rings. The minimum absolute atomic E-state index is 0.0122. The van der Waals surface area contributed by atoms with Crippen LogP contribution in [0.2, 0.25) is 5.02 Å². The van der Waals surface area contributed by atoms with E-state index in [4.69, 9.17) is 11.6 Å². The average molecular weight is 387 g/mol. The molecular formula is C20H23ClN4O2. The lowest BCUT2D eigenvalue weighted by Crippen LogP contribution is -2.49. The van der Waals surface area contributed by atoms with Crippen molar-refractivity contribution in [2.24, 2.45) is 0 Å². The van der Waals surface area contributed by atoms with Crippen molar-refractivity contribution in [1.82, 2.24) is 15.2 Å². The predicted octanol–water partition coefficient (Wildman–Crippen LogP) is 2.84. The van der Waals surface area contributed by atoms with Crippen molar-refractivity contribution in [1.29, 1.82) is 0 Å². The molecule has 2 amide bonds. The fourth-order valence-corrected chi connectivity index (χ4v) is 3.20. The lowest BCUT2D eigenvalue weighted by atomic mass is 10.2. The summed E-state index contributed by atoms with van der Waals surface area (Å²) in [6, 6.07) is 12.7. The van der Waals surface area contributed by atoms with E-state index >= 15 is 0 Å². The van der Waals surface area contributed by atoms with Gasteiger partial charge in [0.25, 0.3) is 11.8 Å². The van der Waals surface area contributed by atoms with E-state index in [0.717, 1.165) is 18.8 Å². The molecule has 1 fully saturated rings. The number of pyridine rings is 1. The van der Waals surface area contributed by atoms with Crippen LogP contribution in [0.25, 0.3) is 0 Å². The van der Waals surface area contributed by atoms with E-state index in [2.05, 4.69) is 15.2 Å². The number of nitrogens with zero attached hydrogens (tertiary/aromatic N) is 3. The Morgan fingerprint density at radius 2 is 1.70 bits per heavy atom. The molecule has 6 nitrogen and oxygen atoms in total. The number of halogens is 1. The maximum absolute atomic E-state index is 12.8. The second kappa shape index (κ2) is 8.39. The van der Waals surface area contributed by atoms with Gasteiger partial charge in [0.1, 0.15) is 11.4 Å². The van der Waals surface area contributed by atoms with Crippen LogP contribution >= 0.6 is 11.6 Å². The molecule has 0 bridgehead atoms. The third-order valence-electron chi connectivity index (χ3n) is 4.36. The average Bonchev–Trinajstić information content (AvgIpc) is 2.67. The van der Waals surface area contributed by atoms with Crippen LogP contribution in [0.3, 0.4) is 0 Å². The Kier molecular flexibility index (Phi) is 5.96. The first-order valence-electron chi connectivity index (χ1n) is 9.02. The Morgan fingerprint density at radius 3 is 2.37 bits per heavy atom. The number of aromatic nitrogens is 1. The zero-order valence-electron chi connectivity index (χ0n) is 15.5. The number of carbonyl (C=O) groups is 2. The van der Waals surface area contributed by atoms with E-state index in [9.17, 15) is 9.59 Å². The van der Waals surface area contributed by atoms with E-state index in [1.165, 1.54) is 0 Å². The standard InChI is InChI=1S/C20H23ClN4O2/c1-14(2)22-19(26)17-7-4-8-18(23-17)20(27)25-11-9-24(10-12-25)16-6-3-5-15(21)13-16/h3-8,13-14H,9-12H2,1-2H3,(H,22,26). The maximum atomic E-state index is 12.8. The number of rotatable bonds is 4. The van der Waals surface area contributed by atoms with E-state index in [1.807, 2.05) is 38.1 Å². The van der Waals surface area contributed by atoms with Gasteiger partial charge in [-0.05, 0) is 44.2 Å². The highest BCUT2D eigenvalue weighted by Crippen LogP contribution is 2.21. The monoisotopic (exact) mass is 386 g/mol. The molecule has 0 atom stereocenters. The molecule has 3 rings (SSSR count). The van der Waals surface area contributed by atoms with Gasteiger partial charge < -0.3 is 15.1 Å². The van der Waals surface area contributed by atoms with Crippen LogP contribution in [-0.4, -0.2) is 53.9 Å². The van der Waals surface area contributed by atoms with Gasteiger partial charge in [-0.3, -0.25) is 9.59 Å². The van der Waals surface area contributed by atoms with Gasteiger partial charge in [0.05, 0.1) is 0 Å². The van der Waals surface area contributed by atoms with Crippen molar-refractivity contribution in [3.63, 3.8) is 0 Å². The molecule has 2 aromatic rings. The molecule has 0 saturated carbocycles. The summed E-state index contributed by atoms with van der Waals surface area (Å²) in [5, 5.41) is 3.49. The summed E-state index contributed by atoms with van der Waals surface area (Å²) in [7, 11) is 0. The predicted molar refractivity (Wildman–Crippen MR) is 106 cm³/mol. The molecule has 0 unspecified atom stereocenters. The lowest BCUT2D eigenvalue weighted by Gasteiger charge is -2.36. The molecule has 1 saturated heterocycles. The fourth-order valence-electron chi connectivity index (χ4n) is 3.02. The number of amides is 2. The molecule has 1 aromatic carbocycles. The smallest absolute Gasteiger partial charge is 0.272 e. The van der Waals surface area contributed by atoms with Crippen molar-refractivity contribution >= 4 is 29.1 Å². The largest absolute Gasteiger partial charge is 0.368 e. The Morgan fingerprint density at radius 1 is 1.04 bits per heavy atom. The second-order valence-electron chi connectivity index (χ2n) is 6.80. The molecule has 142 valence electrons. The van der Waals surface area contributed by atoms with Crippen LogP contribution in [0.1, 0.15) is 34.8 Å². The summed E-state index contributed by atoms with van der Waals surface area (Å²) >= 11 is 6.06. The minimum atomic E-state index is -0.273. The molecule has 27 heavy (non-hydrogen) atoms. The van der Waals surface area contributed by atoms with Crippen molar-refractivity contribution < 1.29 is 9.59 Å². The summed E-state index contributed by atoms with van der Waals surface area (Å²) in [5.41, 5.74) is 1.61. The third kappa shape index (κ3) is 4.77. The van der Waals surface area contributed by atoms with Crippen LogP contribution in [0.4, 0.5) is 5.69 Å². The first-order valence-corrected chi connectivity index (χ1v) is 9.39. The zero-order chi connectivity index (χ0) is 19.4.